The monoisotopic (exact) mass is 542 g/mol. The van der Waals surface area contributed by atoms with Crippen molar-refractivity contribution in [1.29, 1.82) is 0 Å². The summed E-state index contributed by atoms with van der Waals surface area (Å²) in [5.74, 6) is 0.834. The standard InChI is InChI=1S/C26H38O10S/c27-37(28,26-9-5-2-6-10-26)36-24-22-34-20-18-32-16-14-30-12-11-29-13-15-31-17-19-33-21-23-35-25-7-3-1-4-8-25/h1-10H,11-24H2. The van der Waals surface area contributed by atoms with Crippen molar-refractivity contribution >= 4 is 10.1 Å². The normalized spacial score (nSPS) is 11.6. The molecule has 11 heteroatoms. The molecule has 2 aromatic rings. The third-order valence-corrected chi connectivity index (χ3v) is 5.92. The Bertz CT molecular complexity index is 881. The number of hydrogen-bond acceptors (Lipinski definition) is 10. The summed E-state index contributed by atoms with van der Waals surface area (Å²) in [4.78, 5) is 0.125. The van der Waals surface area contributed by atoms with Crippen molar-refractivity contribution in [1.82, 2.24) is 0 Å². The van der Waals surface area contributed by atoms with Gasteiger partial charge in [0.2, 0.25) is 0 Å². The number of ether oxygens (including phenoxy) is 7. The molecule has 0 bridgehead atoms. The Morgan fingerprint density at radius 3 is 1.22 bits per heavy atom. The molecular weight excluding hydrogens is 504 g/mol. The van der Waals surface area contributed by atoms with E-state index in [2.05, 4.69) is 0 Å². The van der Waals surface area contributed by atoms with Crippen molar-refractivity contribution in [3.63, 3.8) is 0 Å². The highest BCUT2D eigenvalue weighted by Crippen LogP contribution is 2.10. The van der Waals surface area contributed by atoms with Crippen molar-refractivity contribution in [3.05, 3.63) is 60.7 Å². The fourth-order valence-corrected chi connectivity index (χ4v) is 3.71. The first-order valence-corrected chi connectivity index (χ1v) is 13.7. The Balaban J connectivity index is 1.23. The molecule has 208 valence electrons. The van der Waals surface area contributed by atoms with E-state index in [1.807, 2.05) is 30.3 Å². The van der Waals surface area contributed by atoms with E-state index >= 15 is 0 Å². The van der Waals surface area contributed by atoms with Gasteiger partial charge in [0.25, 0.3) is 10.1 Å². The van der Waals surface area contributed by atoms with Crippen LogP contribution in [0.2, 0.25) is 0 Å². The fraction of sp³-hybridized carbons (Fsp3) is 0.538. The van der Waals surface area contributed by atoms with Gasteiger partial charge in [0.1, 0.15) is 12.4 Å². The predicted octanol–water partition coefficient (Wildman–Crippen LogP) is 2.57. The predicted molar refractivity (Wildman–Crippen MR) is 136 cm³/mol. The van der Waals surface area contributed by atoms with Gasteiger partial charge in [-0.15, -0.1) is 0 Å². The van der Waals surface area contributed by atoms with Gasteiger partial charge < -0.3 is 33.2 Å². The molecule has 0 spiro atoms. The van der Waals surface area contributed by atoms with Gasteiger partial charge in [-0.05, 0) is 24.3 Å². The second kappa shape index (κ2) is 20.9. The van der Waals surface area contributed by atoms with E-state index < -0.39 is 10.1 Å². The molecule has 0 unspecified atom stereocenters. The number of benzene rings is 2. The molecule has 0 radical (unpaired) electrons. The van der Waals surface area contributed by atoms with Crippen molar-refractivity contribution in [2.24, 2.45) is 0 Å². The Morgan fingerprint density at radius 1 is 0.432 bits per heavy atom. The molecule has 0 N–H and O–H groups in total. The third kappa shape index (κ3) is 16.4. The van der Waals surface area contributed by atoms with Gasteiger partial charge in [0.15, 0.2) is 0 Å². The Labute approximate surface area is 219 Å². The topological polar surface area (TPSA) is 108 Å². The van der Waals surface area contributed by atoms with E-state index in [0.717, 1.165) is 5.75 Å². The first-order chi connectivity index (χ1) is 18.2. The summed E-state index contributed by atoms with van der Waals surface area (Å²) in [5.41, 5.74) is 0. The van der Waals surface area contributed by atoms with Gasteiger partial charge in [-0.1, -0.05) is 36.4 Å². The van der Waals surface area contributed by atoms with Crippen LogP contribution in [-0.4, -0.2) is 101 Å². The van der Waals surface area contributed by atoms with Gasteiger partial charge >= 0.3 is 0 Å². The molecule has 0 aliphatic carbocycles. The largest absolute Gasteiger partial charge is 0.491 e. The van der Waals surface area contributed by atoms with Crippen molar-refractivity contribution in [3.8, 4) is 5.75 Å². The second-order valence-corrected chi connectivity index (χ2v) is 9.04. The van der Waals surface area contributed by atoms with Crippen LogP contribution in [0.25, 0.3) is 0 Å². The molecule has 10 nitrogen and oxygen atoms in total. The molecule has 0 heterocycles. The maximum atomic E-state index is 11.9. The number of para-hydroxylation sites is 1. The minimum atomic E-state index is -3.75. The van der Waals surface area contributed by atoms with Gasteiger partial charge in [0, 0.05) is 0 Å². The van der Waals surface area contributed by atoms with Crippen LogP contribution in [0.4, 0.5) is 0 Å². The second-order valence-electron chi connectivity index (χ2n) is 7.42. The van der Waals surface area contributed by atoms with Crippen LogP contribution >= 0.6 is 0 Å². The van der Waals surface area contributed by atoms with Crippen LogP contribution in [0.1, 0.15) is 0 Å². The zero-order chi connectivity index (χ0) is 26.3. The lowest BCUT2D eigenvalue weighted by Gasteiger charge is -2.09. The average molecular weight is 543 g/mol. The lowest BCUT2D eigenvalue weighted by atomic mass is 10.3. The van der Waals surface area contributed by atoms with E-state index in [1.165, 1.54) is 12.1 Å². The van der Waals surface area contributed by atoms with Gasteiger partial charge in [-0.3, -0.25) is 4.18 Å². The summed E-state index contributed by atoms with van der Waals surface area (Å²) < 4.78 is 66.8. The first kappa shape index (κ1) is 31.1. The molecule has 0 aliphatic rings. The van der Waals surface area contributed by atoms with E-state index in [4.69, 9.17) is 37.3 Å². The van der Waals surface area contributed by atoms with Gasteiger partial charge in [-0.2, -0.15) is 8.42 Å². The summed E-state index contributed by atoms with van der Waals surface area (Å²) in [7, 11) is -3.75. The van der Waals surface area contributed by atoms with Crippen LogP contribution in [-0.2, 0) is 42.7 Å². The highest BCUT2D eigenvalue weighted by molar-refractivity contribution is 7.86. The minimum absolute atomic E-state index is 0.0518. The van der Waals surface area contributed by atoms with E-state index in [9.17, 15) is 8.42 Å². The van der Waals surface area contributed by atoms with Crippen molar-refractivity contribution in [2.75, 3.05) is 92.5 Å². The smallest absolute Gasteiger partial charge is 0.297 e. The zero-order valence-electron chi connectivity index (χ0n) is 21.2. The highest BCUT2D eigenvalue weighted by atomic mass is 32.2. The maximum Gasteiger partial charge on any atom is 0.297 e. The summed E-state index contributed by atoms with van der Waals surface area (Å²) in [6, 6.07) is 17.6. The molecule has 0 saturated carbocycles. The number of hydrogen-bond donors (Lipinski definition) is 0. The average Bonchev–Trinajstić information content (AvgIpc) is 2.92. The molecule has 0 amide bonds. The Morgan fingerprint density at radius 2 is 0.784 bits per heavy atom. The van der Waals surface area contributed by atoms with E-state index in [1.54, 1.807) is 18.2 Å². The van der Waals surface area contributed by atoms with E-state index in [-0.39, 0.29) is 18.1 Å². The molecule has 0 aliphatic heterocycles. The van der Waals surface area contributed by atoms with Crippen LogP contribution in [0.3, 0.4) is 0 Å². The molecule has 0 saturated heterocycles. The van der Waals surface area contributed by atoms with Crippen LogP contribution in [0.5, 0.6) is 5.75 Å². The molecular formula is C26H38O10S. The molecule has 2 aromatic carbocycles. The van der Waals surface area contributed by atoms with Gasteiger partial charge in [-0.25, -0.2) is 0 Å². The Kier molecular flexibility index (Phi) is 17.6. The Hall–Kier alpha value is -2.09. The summed E-state index contributed by atoms with van der Waals surface area (Å²) >= 11 is 0. The molecule has 0 aromatic heterocycles. The van der Waals surface area contributed by atoms with Gasteiger partial charge in [0.05, 0.1) is 90.8 Å². The molecule has 0 atom stereocenters. The molecule has 37 heavy (non-hydrogen) atoms. The van der Waals surface area contributed by atoms with Crippen LogP contribution < -0.4 is 4.74 Å². The summed E-state index contributed by atoms with van der Waals surface area (Å²) in [6.07, 6.45) is 0. The SMILES string of the molecule is O=S(=O)(OCCOCCOCCOCCOCCOCCOCCOc1ccccc1)c1ccccc1. The highest BCUT2D eigenvalue weighted by Gasteiger charge is 2.13. The van der Waals surface area contributed by atoms with Crippen molar-refractivity contribution < 1.29 is 45.8 Å². The molecule has 2 rings (SSSR count). The molecule has 0 fully saturated rings. The maximum absolute atomic E-state index is 11.9. The quantitative estimate of drug-likeness (QED) is 0.145. The lowest BCUT2D eigenvalue weighted by molar-refractivity contribution is -0.0186. The lowest BCUT2D eigenvalue weighted by Crippen LogP contribution is -2.15. The van der Waals surface area contributed by atoms with Crippen LogP contribution in [0.15, 0.2) is 65.6 Å². The summed E-state index contributed by atoms with van der Waals surface area (Å²) in [5, 5.41) is 0. The number of rotatable bonds is 24. The van der Waals surface area contributed by atoms with E-state index in [0.29, 0.717) is 79.3 Å². The van der Waals surface area contributed by atoms with Crippen LogP contribution in [0, 0.1) is 0 Å². The zero-order valence-corrected chi connectivity index (χ0v) is 22.0. The summed E-state index contributed by atoms with van der Waals surface area (Å²) in [6.45, 7) is 5.67. The third-order valence-electron chi connectivity index (χ3n) is 4.60. The minimum Gasteiger partial charge on any atom is -0.491 e. The van der Waals surface area contributed by atoms with Crippen molar-refractivity contribution in [2.45, 2.75) is 4.90 Å². The first-order valence-electron chi connectivity index (χ1n) is 12.3. The fourth-order valence-electron chi connectivity index (χ4n) is 2.79.